The Labute approximate surface area is 139 Å². The molecule has 0 aliphatic heterocycles. The van der Waals surface area contributed by atoms with Gasteiger partial charge < -0.3 is 15.8 Å². The lowest BCUT2D eigenvalue weighted by molar-refractivity contribution is -0.134. The van der Waals surface area contributed by atoms with E-state index in [1.165, 1.54) is 13.2 Å². The maximum atomic E-state index is 13.8. The number of hydrogen-bond donors (Lipinski definition) is 2. The van der Waals surface area contributed by atoms with E-state index in [0.29, 0.717) is 11.1 Å². The summed E-state index contributed by atoms with van der Waals surface area (Å²) in [5.41, 5.74) is 6.29. The Morgan fingerprint density at radius 2 is 1.75 bits per heavy atom. The third kappa shape index (κ3) is 4.39. The van der Waals surface area contributed by atoms with Crippen molar-refractivity contribution < 1.29 is 18.7 Å². The van der Waals surface area contributed by atoms with Crippen LogP contribution < -0.4 is 11.1 Å². The molecular formula is C18H19FN2O3. The molecule has 0 unspecified atom stereocenters. The molecule has 126 valence electrons. The highest BCUT2D eigenvalue weighted by Crippen LogP contribution is 2.17. The molecule has 0 bridgehead atoms. The number of ether oxygens (including phenoxy) is 1. The van der Waals surface area contributed by atoms with Gasteiger partial charge in [0.1, 0.15) is 11.9 Å². The number of carbonyl (C=O) groups excluding carboxylic acids is 2. The molecule has 3 N–H and O–H groups in total. The first-order chi connectivity index (χ1) is 11.5. The highest BCUT2D eigenvalue weighted by molar-refractivity contribution is 5.89. The summed E-state index contributed by atoms with van der Waals surface area (Å²) >= 11 is 0. The maximum absolute atomic E-state index is 13.8. The molecule has 6 heteroatoms. The second-order valence-electron chi connectivity index (χ2n) is 5.29. The minimum atomic E-state index is -1.03. The normalized spacial score (nSPS) is 13.1. The fraction of sp³-hybridized carbons (Fsp3) is 0.222. The molecule has 0 heterocycles. The molecule has 0 aliphatic carbocycles. The summed E-state index contributed by atoms with van der Waals surface area (Å²) in [6.07, 6.45) is -0.910. The zero-order valence-electron chi connectivity index (χ0n) is 13.2. The van der Waals surface area contributed by atoms with Crippen LogP contribution in [0.25, 0.3) is 0 Å². The molecular weight excluding hydrogens is 311 g/mol. The molecule has 0 fully saturated rings. The van der Waals surface area contributed by atoms with Gasteiger partial charge in [0.25, 0.3) is 5.91 Å². The van der Waals surface area contributed by atoms with E-state index in [4.69, 9.17) is 10.5 Å². The first kappa shape index (κ1) is 17.6. The molecule has 2 aromatic rings. The van der Waals surface area contributed by atoms with Gasteiger partial charge in [0.15, 0.2) is 6.10 Å². The lowest BCUT2D eigenvalue weighted by Gasteiger charge is -2.20. The smallest absolute Gasteiger partial charge is 0.254 e. The van der Waals surface area contributed by atoms with Crippen molar-refractivity contribution in [3.63, 3.8) is 0 Å². The quantitative estimate of drug-likeness (QED) is 0.811. The van der Waals surface area contributed by atoms with Gasteiger partial charge in [-0.25, -0.2) is 4.39 Å². The molecule has 2 rings (SSSR count). The van der Waals surface area contributed by atoms with Gasteiger partial charge in [-0.15, -0.1) is 0 Å². The Morgan fingerprint density at radius 3 is 2.33 bits per heavy atom. The van der Waals surface area contributed by atoms with E-state index in [0.717, 1.165) is 0 Å². The van der Waals surface area contributed by atoms with Gasteiger partial charge in [-0.2, -0.15) is 0 Å². The Morgan fingerprint density at radius 1 is 1.12 bits per heavy atom. The average molecular weight is 330 g/mol. The molecule has 2 atom stereocenters. The van der Waals surface area contributed by atoms with Gasteiger partial charge in [-0.3, -0.25) is 9.59 Å². The Balaban J connectivity index is 2.13. The van der Waals surface area contributed by atoms with Crippen LogP contribution in [0.3, 0.4) is 0 Å². The minimum Gasteiger partial charge on any atom is -0.368 e. The number of amides is 2. The summed E-state index contributed by atoms with van der Waals surface area (Å²) in [6, 6.07) is 13.9. The van der Waals surface area contributed by atoms with E-state index in [-0.39, 0.29) is 6.42 Å². The molecule has 0 aliphatic rings. The van der Waals surface area contributed by atoms with Crippen molar-refractivity contribution in [1.82, 2.24) is 5.32 Å². The molecule has 2 amide bonds. The lowest BCUT2D eigenvalue weighted by Crippen LogP contribution is -2.47. The lowest BCUT2D eigenvalue weighted by atomic mass is 10.0. The van der Waals surface area contributed by atoms with Crippen LogP contribution in [0.5, 0.6) is 0 Å². The van der Waals surface area contributed by atoms with Gasteiger partial charge in [0, 0.05) is 13.5 Å². The van der Waals surface area contributed by atoms with Crippen molar-refractivity contribution >= 4 is 11.8 Å². The maximum Gasteiger partial charge on any atom is 0.254 e. The predicted octanol–water partition coefficient (Wildman–Crippen LogP) is 1.73. The molecule has 24 heavy (non-hydrogen) atoms. The first-order valence-corrected chi connectivity index (χ1v) is 7.43. The van der Waals surface area contributed by atoms with Crippen molar-refractivity contribution in [2.24, 2.45) is 5.73 Å². The third-order valence-corrected chi connectivity index (χ3v) is 3.62. The van der Waals surface area contributed by atoms with Crippen LogP contribution in [0.15, 0.2) is 54.6 Å². The van der Waals surface area contributed by atoms with Gasteiger partial charge in [-0.1, -0.05) is 48.5 Å². The number of methoxy groups -OCH3 is 1. The molecule has 0 saturated carbocycles. The second kappa shape index (κ2) is 8.21. The molecule has 2 aromatic carbocycles. The second-order valence-corrected chi connectivity index (χ2v) is 5.29. The monoisotopic (exact) mass is 330 g/mol. The van der Waals surface area contributed by atoms with E-state index < -0.39 is 29.8 Å². The van der Waals surface area contributed by atoms with Crippen LogP contribution in [0.4, 0.5) is 4.39 Å². The minimum absolute atomic E-state index is 0.0288. The van der Waals surface area contributed by atoms with Gasteiger partial charge in [0.05, 0.1) is 0 Å². The Hall–Kier alpha value is -2.73. The Bertz CT molecular complexity index is 706. The van der Waals surface area contributed by atoms with E-state index in [1.807, 2.05) is 6.07 Å². The highest BCUT2D eigenvalue weighted by atomic mass is 19.1. The van der Waals surface area contributed by atoms with Crippen molar-refractivity contribution in [3.8, 4) is 0 Å². The van der Waals surface area contributed by atoms with E-state index in [2.05, 4.69) is 5.32 Å². The standard InChI is InChI=1S/C18H19FN2O3/c1-24-16(12-7-3-2-4-8-12)18(23)21-15(17(20)22)11-13-9-5-6-10-14(13)19/h2-10,15-16H,11H2,1H3,(H2,20,22)(H,21,23)/t15-,16-/m1/s1. The van der Waals surface area contributed by atoms with Crippen LogP contribution in [0.2, 0.25) is 0 Å². The van der Waals surface area contributed by atoms with Gasteiger partial charge >= 0.3 is 0 Å². The number of benzene rings is 2. The fourth-order valence-corrected chi connectivity index (χ4v) is 2.38. The van der Waals surface area contributed by atoms with E-state index >= 15 is 0 Å². The summed E-state index contributed by atoms with van der Waals surface area (Å²) in [5.74, 6) is -1.71. The van der Waals surface area contributed by atoms with Crippen LogP contribution in [0.1, 0.15) is 17.2 Å². The Kier molecular flexibility index (Phi) is 6.03. The van der Waals surface area contributed by atoms with Crippen LogP contribution >= 0.6 is 0 Å². The molecule has 5 nitrogen and oxygen atoms in total. The number of nitrogens with one attached hydrogen (secondary N) is 1. The number of primary amides is 1. The van der Waals surface area contributed by atoms with Crippen LogP contribution in [-0.2, 0) is 20.7 Å². The SMILES string of the molecule is CO[C@@H](C(=O)N[C@H](Cc1ccccc1F)C(N)=O)c1ccccc1. The van der Waals surface area contributed by atoms with Crippen LogP contribution in [-0.4, -0.2) is 25.0 Å². The highest BCUT2D eigenvalue weighted by Gasteiger charge is 2.26. The van der Waals surface area contributed by atoms with Crippen molar-refractivity contribution in [1.29, 1.82) is 0 Å². The average Bonchev–Trinajstić information content (AvgIpc) is 2.57. The number of carbonyl (C=O) groups is 2. The third-order valence-electron chi connectivity index (χ3n) is 3.62. The zero-order valence-corrected chi connectivity index (χ0v) is 13.2. The predicted molar refractivity (Wildman–Crippen MR) is 87.4 cm³/mol. The summed E-state index contributed by atoms with van der Waals surface area (Å²) in [6.45, 7) is 0. The first-order valence-electron chi connectivity index (χ1n) is 7.43. The van der Waals surface area contributed by atoms with Gasteiger partial charge in [0.2, 0.25) is 5.91 Å². The summed E-state index contributed by atoms with van der Waals surface area (Å²) < 4.78 is 19.0. The van der Waals surface area contributed by atoms with Crippen molar-refractivity contribution in [2.75, 3.05) is 7.11 Å². The number of rotatable bonds is 7. The largest absolute Gasteiger partial charge is 0.368 e. The van der Waals surface area contributed by atoms with Crippen molar-refractivity contribution in [3.05, 3.63) is 71.5 Å². The topological polar surface area (TPSA) is 81.4 Å². The molecule has 0 spiro atoms. The van der Waals surface area contributed by atoms with Crippen LogP contribution in [0, 0.1) is 5.82 Å². The van der Waals surface area contributed by atoms with Gasteiger partial charge in [-0.05, 0) is 17.2 Å². The zero-order chi connectivity index (χ0) is 17.5. The van der Waals surface area contributed by atoms with E-state index in [1.54, 1.807) is 42.5 Å². The summed E-state index contributed by atoms with van der Waals surface area (Å²) in [4.78, 5) is 24.1. The summed E-state index contributed by atoms with van der Waals surface area (Å²) in [5, 5.41) is 2.54. The summed E-state index contributed by atoms with van der Waals surface area (Å²) in [7, 11) is 1.40. The molecule has 0 saturated heterocycles. The van der Waals surface area contributed by atoms with Crippen molar-refractivity contribution in [2.45, 2.75) is 18.6 Å². The number of halogens is 1. The molecule has 0 radical (unpaired) electrons. The fourth-order valence-electron chi connectivity index (χ4n) is 2.38. The molecule has 0 aromatic heterocycles. The number of nitrogens with two attached hydrogens (primary N) is 1. The number of hydrogen-bond acceptors (Lipinski definition) is 3. The van der Waals surface area contributed by atoms with E-state index in [9.17, 15) is 14.0 Å².